The van der Waals surface area contributed by atoms with E-state index in [9.17, 15) is 18.3 Å². The lowest BCUT2D eigenvalue weighted by Crippen LogP contribution is -2.40. The van der Waals surface area contributed by atoms with E-state index in [1.165, 1.54) is 24.3 Å². The minimum absolute atomic E-state index is 0.313. The second-order valence-corrected chi connectivity index (χ2v) is 5.23. The van der Waals surface area contributed by atoms with Gasteiger partial charge in [0.05, 0.1) is 6.10 Å². The van der Waals surface area contributed by atoms with Crippen LogP contribution in [0.2, 0.25) is 0 Å². The van der Waals surface area contributed by atoms with E-state index in [0.717, 1.165) is 25.9 Å². The molecule has 3 N–H and O–H groups in total. The lowest BCUT2D eigenvalue weighted by Gasteiger charge is -2.24. The van der Waals surface area contributed by atoms with Gasteiger partial charge in [0.15, 0.2) is 0 Å². The molecule has 4 nitrogen and oxygen atoms in total. The van der Waals surface area contributed by atoms with Crippen LogP contribution in [-0.4, -0.2) is 42.0 Å². The minimum Gasteiger partial charge on any atom is -0.406 e. The molecule has 0 amide bonds. The molecular weight excluding hydrogens is 285 g/mol. The maximum atomic E-state index is 12.1. The van der Waals surface area contributed by atoms with E-state index >= 15 is 0 Å². The number of aliphatic hydroxyl groups is 1. The van der Waals surface area contributed by atoms with E-state index < -0.39 is 18.5 Å². The van der Waals surface area contributed by atoms with Crippen LogP contribution >= 0.6 is 0 Å². The summed E-state index contributed by atoms with van der Waals surface area (Å²) in [5, 5.41) is 10.2. The second-order valence-electron chi connectivity index (χ2n) is 5.23. The smallest absolute Gasteiger partial charge is 0.406 e. The van der Waals surface area contributed by atoms with E-state index in [2.05, 4.69) is 9.64 Å². The maximum Gasteiger partial charge on any atom is 0.573 e. The van der Waals surface area contributed by atoms with Crippen molar-refractivity contribution in [3.05, 3.63) is 29.8 Å². The van der Waals surface area contributed by atoms with Gasteiger partial charge in [0, 0.05) is 12.6 Å². The first kappa shape index (κ1) is 16.1. The predicted molar refractivity (Wildman–Crippen MR) is 71.7 cm³/mol. The van der Waals surface area contributed by atoms with Crippen molar-refractivity contribution in [3.63, 3.8) is 0 Å². The summed E-state index contributed by atoms with van der Waals surface area (Å²) in [7, 11) is 0. The lowest BCUT2D eigenvalue weighted by molar-refractivity contribution is -0.274. The highest BCUT2D eigenvalue weighted by atomic mass is 19.4. The number of nitrogens with zero attached hydrogens (tertiary/aromatic N) is 1. The Morgan fingerprint density at radius 1 is 1.19 bits per heavy atom. The van der Waals surface area contributed by atoms with Crippen LogP contribution in [0.1, 0.15) is 24.5 Å². The molecule has 21 heavy (non-hydrogen) atoms. The molecule has 1 saturated heterocycles. The zero-order valence-corrected chi connectivity index (χ0v) is 11.5. The first-order valence-electron chi connectivity index (χ1n) is 6.87. The SMILES string of the molecule is NC(CN1CCCC1)C(O)c1ccc(OC(F)(F)F)cc1. The molecule has 0 aromatic heterocycles. The van der Waals surface area contributed by atoms with E-state index in [-0.39, 0.29) is 5.75 Å². The number of benzene rings is 1. The fourth-order valence-electron chi connectivity index (χ4n) is 2.48. The molecule has 0 spiro atoms. The highest BCUT2D eigenvalue weighted by Gasteiger charge is 2.31. The number of likely N-dealkylation sites (tertiary alicyclic amines) is 1. The summed E-state index contributed by atoms with van der Waals surface area (Å²) in [5.41, 5.74) is 6.45. The highest BCUT2D eigenvalue weighted by Crippen LogP contribution is 2.25. The number of hydrogen-bond acceptors (Lipinski definition) is 4. The molecular formula is C14H19F3N2O2. The molecule has 2 unspecified atom stereocenters. The maximum absolute atomic E-state index is 12.1. The third-order valence-corrected chi connectivity index (χ3v) is 3.53. The van der Waals surface area contributed by atoms with Gasteiger partial charge in [0.25, 0.3) is 0 Å². The van der Waals surface area contributed by atoms with E-state index in [1.807, 2.05) is 0 Å². The number of alkyl halides is 3. The Balaban J connectivity index is 1.93. The number of aliphatic hydroxyl groups excluding tert-OH is 1. The van der Waals surface area contributed by atoms with Crippen molar-refractivity contribution in [2.75, 3.05) is 19.6 Å². The molecule has 118 valence electrons. The molecule has 0 radical (unpaired) electrons. The van der Waals surface area contributed by atoms with Crippen molar-refractivity contribution in [2.45, 2.75) is 31.3 Å². The fourth-order valence-corrected chi connectivity index (χ4v) is 2.48. The third kappa shape index (κ3) is 4.87. The summed E-state index contributed by atoms with van der Waals surface area (Å²) in [5.74, 6) is -0.313. The topological polar surface area (TPSA) is 58.7 Å². The van der Waals surface area contributed by atoms with Crippen LogP contribution in [-0.2, 0) is 0 Å². The number of ether oxygens (including phenoxy) is 1. The van der Waals surface area contributed by atoms with Crippen LogP contribution in [0.5, 0.6) is 5.75 Å². The van der Waals surface area contributed by atoms with Gasteiger partial charge in [0.2, 0.25) is 0 Å². The molecule has 0 saturated carbocycles. The summed E-state index contributed by atoms with van der Waals surface area (Å²) >= 11 is 0. The van der Waals surface area contributed by atoms with Gasteiger partial charge < -0.3 is 20.5 Å². The van der Waals surface area contributed by atoms with Crippen molar-refractivity contribution >= 4 is 0 Å². The van der Waals surface area contributed by atoms with Gasteiger partial charge in [-0.1, -0.05) is 12.1 Å². The van der Waals surface area contributed by atoms with Crippen molar-refractivity contribution < 1.29 is 23.0 Å². The molecule has 1 heterocycles. The molecule has 0 bridgehead atoms. The Morgan fingerprint density at radius 3 is 2.29 bits per heavy atom. The van der Waals surface area contributed by atoms with Crippen LogP contribution in [0.25, 0.3) is 0 Å². The van der Waals surface area contributed by atoms with E-state index in [4.69, 9.17) is 5.73 Å². The van der Waals surface area contributed by atoms with Gasteiger partial charge in [-0.15, -0.1) is 13.2 Å². The van der Waals surface area contributed by atoms with E-state index in [0.29, 0.717) is 12.1 Å². The summed E-state index contributed by atoms with van der Waals surface area (Å²) in [4.78, 5) is 2.18. The largest absolute Gasteiger partial charge is 0.573 e. The molecule has 1 aliphatic heterocycles. The molecule has 1 aromatic carbocycles. The van der Waals surface area contributed by atoms with Crippen molar-refractivity contribution in [3.8, 4) is 5.75 Å². The predicted octanol–water partition coefficient (Wildman–Crippen LogP) is 2.04. The normalized spacial score (nSPS) is 19.5. The Labute approximate surface area is 121 Å². The van der Waals surface area contributed by atoms with Crippen LogP contribution in [0, 0.1) is 0 Å². The Kier molecular flexibility index (Phi) is 5.08. The summed E-state index contributed by atoms with van der Waals surface area (Å²) in [6.07, 6.45) is -3.37. The van der Waals surface area contributed by atoms with Gasteiger partial charge in [-0.2, -0.15) is 0 Å². The van der Waals surface area contributed by atoms with Gasteiger partial charge in [-0.3, -0.25) is 0 Å². The monoisotopic (exact) mass is 304 g/mol. The molecule has 0 aliphatic carbocycles. The highest BCUT2D eigenvalue weighted by molar-refractivity contribution is 5.29. The Bertz CT molecular complexity index is 445. The van der Waals surface area contributed by atoms with Crippen molar-refractivity contribution in [1.29, 1.82) is 0 Å². The molecule has 1 aliphatic rings. The molecule has 1 fully saturated rings. The number of rotatable bonds is 5. The van der Waals surface area contributed by atoms with Crippen molar-refractivity contribution in [1.82, 2.24) is 4.90 Å². The Morgan fingerprint density at radius 2 is 1.76 bits per heavy atom. The zero-order chi connectivity index (χ0) is 15.5. The van der Waals surface area contributed by atoms with Gasteiger partial charge in [0.1, 0.15) is 5.75 Å². The van der Waals surface area contributed by atoms with Crippen LogP contribution in [0.15, 0.2) is 24.3 Å². The van der Waals surface area contributed by atoms with E-state index in [1.54, 1.807) is 0 Å². The fraction of sp³-hybridized carbons (Fsp3) is 0.571. The van der Waals surface area contributed by atoms with Crippen molar-refractivity contribution in [2.24, 2.45) is 5.73 Å². The lowest BCUT2D eigenvalue weighted by atomic mass is 10.0. The summed E-state index contributed by atoms with van der Waals surface area (Å²) in [6.45, 7) is 2.51. The number of halogens is 3. The third-order valence-electron chi connectivity index (χ3n) is 3.53. The van der Waals surface area contributed by atoms with Gasteiger partial charge in [-0.25, -0.2) is 0 Å². The summed E-state index contributed by atoms with van der Waals surface area (Å²) in [6, 6.07) is 4.67. The molecule has 2 atom stereocenters. The Hall–Kier alpha value is -1.31. The van der Waals surface area contributed by atoms with Crippen LogP contribution < -0.4 is 10.5 Å². The first-order chi connectivity index (χ1) is 9.85. The first-order valence-corrected chi connectivity index (χ1v) is 6.87. The quantitative estimate of drug-likeness (QED) is 0.874. The zero-order valence-electron chi connectivity index (χ0n) is 11.5. The molecule has 2 rings (SSSR count). The average Bonchev–Trinajstić information content (AvgIpc) is 2.90. The average molecular weight is 304 g/mol. The second kappa shape index (κ2) is 6.64. The van der Waals surface area contributed by atoms with Gasteiger partial charge >= 0.3 is 6.36 Å². The van der Waals surface area contributed by atoms with Gasteiger partial charge in [-0.05, 0) is 43.6 Å². The summed E-state index contributed by atoms with van der Waals surface area (Å²) < 4.78 is 40.0. The minimum atomic E-state index is -4.72. The molecule has 7 heteroatoms. The molecule has 1 aromatic rings. The van der Waals surface area contributed by atoms with Crippen LogP contribution in [0.3, 0.4) is 0 Å². The van der Waals surface area contributed by atoms with Crippen LogP contribution in [0.4, 0.5) is 13.2 Å². The number of nitrogens with two attached hydrogens (primary N) is 1. The number of hydrogen-bond donors (Lipinski definition) is 2. The standard InChI is InChI=1S/C14H19F3N2O2/c15-14(16,17)21-11-5-3-10(4-6-11)13(20)12(18)9-19-7-1-2-8-19/h3-6,12-13,20H,1-2,7-9,18H2.